The Morgan fingerprint density at radius 1 is 1.14 bits per heavy atom. The Kier molecular flexibility index (Phi) is 6.02. The van der Waals surface area contributed by atoms with Gasteiger partial charge in [0.25, 0.3) is 0 Å². The van der Waals surface area contributed by atoms with Gasteiger partial charge in [-0.3, -0.25) is 0 Å². The van der Waals surface area contributed by atoms with E-state index in [1.54, 1.807) is 0 Å². The molecule has 0 aliphatic heterocycles. The maximum atomic E-state index is 2.91. The Labute approximate surface area is 54.8 Å². The van der Waals surface area contributed by atoms with Gasteiger partial charge >= 0.3 is 54.5 Å². The van der Waals surface area contributed by atoms with Crippen molar-refractivity contribution in [3.05, 3.63) is 24.3 Å². The Balaban J connectivity index is 3.27. The summed E-state index contributed by atoms with van der Waals surface area (Å²) in [4.78, 5) is 0. The monoisotopic (exact) mass is 186 g/mol. The van der Waals surface area contributed by atoms with E-state index < -0.39 is 0 Å². The molecule has 0 saturated carbocycles. The summed E-state index contributed by atoms with van der Waals surface area (Å²) < 4.78 is 1.85. The van der Waals surface area contributed by atoms with Crippen molar-refractivity contribution in [2.45, 2.75) is 6.92 Å². The van der Waals surface area contributed by atoms with E-state index in [0.29, 0.717) is 0 Å². The van der Waals surface area contributed by atoms with E-state index in [-0.39, 0.29) is 0 Å². The summed E-state index contributed by atoms with van der Waals surface area (Å²) in [5, 5.41) is 0. The minimum absolute atomic E-state index is 1.85. The molecule has 7 heavy (non-hydrogen) atoms. The summed E-state index contributed by atoms with van der Waals surface area (Å²) in [5.41, 5.74) is 0. The van der Waals surface area contributed by atoms with Crippen LogP contribution < -0.4 is 0 Å². The topological polar surface area (TPSA) is 0 Å². The molecule has 0 heterocycles. The van der Waals surface area contributed by atoms with Crippen molar-refractivity contribution in [1.82, 2.24) is 0 Å². The van der Waals surface area contributed by atoms with Crippen LogP contribution in [0.15, 0.2) is 24.3 Å². The molecule has 0 unspecified atom stereocenters. The summed E-state index contributed by atoms with van der Waals surface area (Å²) >= 11 is 2.91. The van der Waals surface area contributed by atoms with Gasteiger partial charge in [-0.25, -0.2) is 0 Å². The Morgan fingerprint density at radius 2 is 1.86 bits per heavy atom. The fourth-order valence-corrected chi connectivity index (χ4v) is 0.383. The third-order valence-electron chi connectivity index (χ3n) is 0.476. The molecule has 0 aliphatic carbocycles. The van der Waals surface area contributed by atoms with Gasteiger partial charge in [0.1, 0.15) is 0 Å². The standard InChI is InChI=1S/C6H8.Pd/c1-3-5-6-4-2;/h1,3-6H,2H3;/b5-3-,6-4-;. The van der Waals surface area contributed by atoms with Crippen LogP contribution in [-0.2, 0) is 18.7 Å². The predicted octanol–water partition coefficient (Wildman–Crippen LogP) is 1.47. The first-order valence-corrected chi connectivity index (χ1v) is 2.99. The molecule has 0 N–H and O–H groups in total. The number of hydrogen-bond acceptors (Lipinski definition) is 0. The van der Waals surface area contributed by atoms with Gasteiger partial charge in [0.05, 0.1) is 0 Å². The van der Waals surface area contributed by atoms with Crippen LogP contribution in [0.5, 0.6) is 0 Å². The molecule has 42 valence electrons. The molecular formula is C6H8Pd. The summed E-state index contributed by atoms with van der Waals surface area (Å²) in [5.74, 6) is 0. The van der Waals surface area contributed by atoms with Gasteiger partial charge in [-0.2, -0.15) is 0 Å². The van der Waals surface area contributed by atoms with E-state index in [0.717, 1.165) is 0 Å². The van der Waals surface area contributed by atoms with Crippen molar-refractivity contribution in [1.29, 1.82) is 0 Å². The van der Waals surface area contributed by atoms with E-state index >= 15 is 0 Å². The summed E-state index contributed by atoms with van der Waals surface area (Å²) in [6, 6.07) is 0. The molecule has 0 aromatic rings. The van der Waals surface area contributed by atoms with Crippen molar-refractivity contribution in [2.75, 3.05) is 0 Å². The zero-order valence-electron chi connectivity index (χ0n) is 4.20. The predicted molar refractivity (Wildman–Crippen MR) is 30.0 cm³/mol. The van der Waals surface area contributed by atoms with Gasteiger partial charge in [-0.15, -0.1) is 0 Å². The molecule has 0 aliphatic rings. The zero-order chi connectivity index (χ0) is 5.54. The first-order chi connectivity index (χ1) is 3.41. The fourth-order valence-electron chi connectivity index (χ4n) is 0.210. The number of allylic oxidation sites excluding steroid dienone is 4. The van der Waals surface area contributed by atoms with E-state index in [1.807, 2.05) is 35.7 Å². The number of rotatable bonds is 2. The van der Waals surface area contributed by atoms with E-state index in [4.69, 9.17) is 0 Å². The quantitative estimate of drug-likeness (QED) is 0.453. The van der Waals surface area contributed by atoms with Gasteiger partial charge in [-0.1, -0.05) is 0 Å². The van der Waals surface area contributed by atoms with Crippen molar-refractivity contribution in [2.24, 2.45) is 0 Å². The van der Waals surface area contributed by atoms with Crippen LogP contribution in [0.2, 0.25) is 0 Å². The first kappa shape index (κ1) is 7.01. The molecule has 0 saturated heterocycles. The second-order valence-electron chi connectivity index (χ2n) is 1.02. The van der Waals surface area contributed by atoms with E-state index in [9.17, 15) is 0 Å². The molecule has 0 atom stereocenters. The van der Waals surface area contributed by atoms with Crippen molar-refractivity contribution >= 4 is 4.49 Å². The van der Waals surface area contributed by atoms with Crippen LogP contribution in [0.3, 0.4) is 0 Å². The molecule has 1 heteroatoms. The van der Waals surface area contributed by atoms with Crippen LogP contribution in [0.1, 0.15) is 6.92 Å². The molecular weight excluding hydrogens is 178 g/mol. The summed E-state index contributed by atoms with van der Waals surface area (Å²) in [7, 11) is 0. The maximum absolute atomic E-state index is 2.91. The molecule has 0 rings (SSSR count). The third kappa shape index (κ3) is 6.01. The Hall–Kier alpha value is 0.0123. The third-order valence-corrected chi connectivity index (χ3v) is 0.775. The molecule has 0 aromatic carbocycles. The van der Waals surface area contributed by atoms with Gasteiger partial charge in [0.15, 0.2) is 0 Å². The van der Waals surface area contributed by atoms with Crippen LogP contribution in [0.4, 0.5) is 0 Å². The molecule has 0 radical (unpaired) electrons. The molecule has 0 aromatic heterocycles. The Morgan fingerprint density at radius 3 is 2.29 bits per heavy atom. The minimum atomic E-state index is 1.85. The van der Waals surface area contributed by atoms with Crippen LogP contribution in [0.25, 0.3) is 0 Å². The van der Waals surface area contributed by atoms with Crippen molar-refractivity contribution in [3.63, 3.8) is 0 Å². The van der Waals surface area contributed by atoms with Crippen molar-refractivity contribution in [3.8, 4) is 0 Å². The second kappa shape index (κ2) is 6.01. The average molecular weight is 187 g/mol. The fraction of sp³-hybridized carbons (Fsp3) is 0.167. The molecule has 0 amide bonds. The van der Waals surface area contributed by atoms with Gasteiger partial charge in [-0.05, 0) is 0 Å². The summed E-state index contributed by atoms with van der Waals surface area (Å²) in [6.45, 7) is 1.99. The second-order valence-corrected chi connectivity index (χ2v) is 1.53. The van der Waals surface area contributed by atoms with Crippen LogP contribution in [-0.4, -0.2) is 4.49 Å². The SMILES string of the molecule is C/C=C\C=C/[CH]=[Pd]. The van der Waals surface area contributed by atoms with Gasteiger partial charge in [0, 0.05) is 0 Å². The van der Waals surface area contributed by atoms with E-state index in [2.05, 4.69) is 18.7 Å². The average Bonchev–Trinajstić information content (AvgIpc) is 1.69. The molecule has 0 spiro atoms. The van der Waals surface area contributed by atoms with Gasteiger partial charge in [0.2, 0.25) is 0 Å². The van der Waals surface area contributed by atoms with Gasteiger partial charge < -0.3 is 0 Å². The Bertz CT molecular complexity index is 90.4. The number of hydrogen-bond donors (Lipinski definition) is 0. The van der Waals surface area contributed by atoms with Crippen LogP contribution in [0, 0.1) is 0 Å². The zero-order valence-corrected chi connectivity index (χ0v) is 5.76. The molecule has 0 nitrogen and oxygen atoms in total. The van der Waals surface area contributed by atoms with Crippen molar-refractivity contribution < 1.29 is 18.7 Å². The molecule has 0 fully saturated rings. The first-order valence-electron chi connectivity index (χ1n) is 2.09. The van der Waals surface area contributed by atoms with E-state index in [1.165, 1.54) is 0 Å². The molecule has 0 bridgehead atoms. The van der Waals surface area contributed by atoms with Crippen LogP contribution >= 0.6 is 0 Å². The normalized spacial score (nSPS) is 11.3. The summed E-state index contributed by atoms with van der Waals surface area (Å²) in [6.07, 6.45) is 7.86.